The van der Waals surface area contributed by atoms with Crippen molar-refractivity contribution >= 4 is 11.6 Å². The second-order valence-electron chi connectivity index (χ2n) is 6.24. The van der Waals surface area contributed by atoms with Crippen molar-refractivity contribution in [2.75, 3.05) is 13.2 Å². The van der Waals surface area contributed by atoms with E-state index >= 15 is 0 Å². The summed E-state index contributed by atoms with van der Waals surface area (Å²) in [5.41, 5.74) is 1.19. The zero-order chi connectivity index (χ0) is 15.3. The Bertz CT molecular complexity index is 429. The van der Waals surface area contributed by atoms with Crippen LogP contribution in [0.3, 0.4) is 0 Å². The van der Waals surface area contributed by atoms with E-state index < -0.39 is 0 Å². The van der Waals surface area contributed by atoms with Crippen molar-refractivity contribution in [3.63, 3.8) is 0 Å². The average Bonchev–Trinajstić information content (AvgIpc) is 2.46. The maximum atomic E-state index is 6.34. The summed E-state index contributed by atoms with van der Waals surface area (Å²) in [4.78, 5) is 0. The fraction of sp³-hybridized carbons (Fsp3) is 0.667. The molecule has 0 aliphatic heterocycles. The molecule has 3 heteroatoms. The maximum absolute atomic E-state index is 6.34. The Morgan fingerprint density at radius 1 is 1.33 bits per heavy atom. The minimum atomic E-state index is -0.0870. The maximum Gasteiger partial charge on any atom is 0.0878 e. The van der Waals surface area contributed by atoms with E-state index in [1.165, 1.54) is 18.4 Å². The molecule has 0 saturated heterocycles. The van der Waals surface area contributed by atoms with Gasteiger partial charge in [-0.15, -0.1) is 0 Å². The Labute approximate surface area is 134 Å². The topological polar surface area (TPSA) is 21.3 Å². The molecular weight excluding hydrogens is 282 g/mol. The van der Waals surface area contributed by atoms with Crippen LogP contribution in [-0.2, 0) is 4.74 Å². The highest BCUT2D eigenvalue weighted by molar-refractivity contribution is 6.30. The lowest BCUT2D eigenvalue weighted by Gasteiger charge is -2.46. The highest BCUT2D eigenvalue weighted by Gasteiger charge is 2.43. The van der Waals surface area contributed by atoms with Gasteiger partial charge in [0.25, 0.3) is 0 Å². The van der Waals surface area contributed by atoms with Gasteiger partial charge in [-0.3, -0.25) is 0 Å². The van der Waals surface area contributed by atoms with Crippen molar-refractivity contribution in [3.05, 3.63) is 34.9 Å². The van der Waals surface area contributed by atoms with E-state index in [4.69, 9.17) is 16.3 Å². The standard InChI is InChI=1S/C18H28ClNO/c1-4-20-17(15-8-10-16(19)11-9-15)18(21-5-2)12-6-7-14(3)13-18/h8-11,14,17,20H,4-7,12-13H2,1-3H3. The molecule has 1 fully saturated rings. The summed E-state index contributed by atoms with van der Waals surface area (Å²) in [6.45, 7) is 8.32. The Kier molecular flexibility index (Phi) is 6.09. The summed E-state index contributed by atoms with van der Waals surface area (Å²) in [6, 6.07) is 8.47. The van der Waals surface area contributed by atoms with Crippen molar-refractivity contribution < 1.29 is 4.74 Å². The monoisotopic (exact) mass is 309 g/mol. The number of hydrogen-bond acceptors (Lipinski definition) is 2. The molecule has 1 aromatic rings. The van der Waals surface area contributed by atoms with Crippen LogP contribution in [0.1, 0.15) is 58.1 Å². The molecule has 0 spiro atoms. The van der Waals surface area contributed by atoms with Gasteiger partial charge in [0.15, 0.2) is 0 Å². The summed E-state index contributed by atoms with van der Waals surface area (Å²) in [5, 5.41) is 4.45. The molecule has 1 aromatic carbocycles. The molecule has 1 N–H and O–H groups in total. The van der Waals surface area contributed by atoms with E-state index in [2.05, 4.69) is 38.2 Å². The molecule has 0 radical (unpaired) electrons. The number of benzene rings is 1. The number of halogens is 1. The van der Waals surface area contributed by atoms with Crippen molar-refractivity contribution in [1.82, 2.24) is 5.32 Å². The van der Waals surface area contributed by atoms with E-state index in [0.717, 1.165) is 36.9 Å². The molecule has 0 amide bonds. The molecule has 0 bridgehead atoms. The zero-order valence-electron chi connectivity index (χ0n) is 13.5. The smallest absolute Gasteiger partial charge is 0.0878 e. The number of nitrogens with one attached hydrogen (secondary N) is 1. The van der Waals surface area contributed by atoms with Gasteiger partial charge in [-0.05, 0) is 49.9 Å². The number of likely N-dealkylation sites (N-methyl/N-ethyl adjacent to an activating group) is 1. The minimum Gasteiger partial charge on any atom is -0.373 e. The molecule has 21 heavy (non-hydrogen) atoms. The summed E-state index contributed by atoms with van der Waals surface area (Å²) in [5.74, 6) is 0.721. The third-order valence-electron chi connectivity index (χ3n) is 4.56. The van der Waals surface area contributed by atoms with Gasteiger partial charge in [-0.2, -0.15) is 0 Å². The first-order valence-corrected chi connectivity index (χ1v) is 8.62. The third-order valence-corrected chi connectivity index (χ3v) is 4.81. The van der Waals surface area contributed by atoms with E-state index in [1.807, 2.05) is 12.1 Å². The third kappa shape index (κ3) is 4.00. The fourth-order valence-electron chi connectivity index (χ4n) is 3.77. The van der Waals surface area contributed by atoms with Crippen LogP contribution >= 0.6 is 11.6 Å². The summed E-state index contributed by atoms with van der Waals surface area (Å²) < 4.78 is 6.34. The molecule has 2 rings (SSSR count). The largest absolute Gasteiger partial charge is 0.373 e. The second-order valence-corrected chi connectivity index (χ2v) is 6.68. The van der Waals surface area contributed by atoms with Crippen LogP contribution in [0, 0.1) is 5.92 Å². The molecule has 1 aliphatic carbocycles. The first-order chi connectivity index (χ1) is 10.1. The molecule has 118 valence electrons. The zero-order valence-corrected chi connectivity index (χ0v) is 14.2. The fourth-order valence-corrected chi connectivity index (χ4v) is 3.90. The average molecular weight is 310 g/mol. The highest BCUT2D eigenvalue weighted by atomic mass is 35.5. The second kappa shape index (κ2) is 7.62. The summed E-state index contributed by atoms with van der Waals surface area (Å²) >= 11 is 6.05. The number of rotatable bonds is 6. The van der Waals surface area contributed by atoms with Crippen molar-refractivity contribution in [3.8, 4) is 0 Å². The van der Waals surface area contributed by atoms with Gasteiger partial charge in [0, 0.05) is 11.6 Å². The molecule has 3 atom stereocenters. The summed E-state index contributed by atoms with van der Waals surface area (Å²) in [7, 11) is 0. The van der Waals surface area contributed by atoms with Crippen molar-refractivity contribution in [2.45, 2.75) is 58.1 Å². The Balaban J connectivity index is 2.33. The lowest BCUT2D eigenvalue weighted by molar-refractivity contribution is -0.101. The first-order valence-electron chi connectivity index (χ1n) is 8.24. The SMILES string of the molecule is CCNC(c1ccc(Cl)cc1)C1(OCC)CCCC(C)C1. The van der Waals surface area contributed by atoms with E-state index in [1.54, 1.807) is 0 Å². The van der Waals surface area contributed by atoms with Crippen LogP contribution in [0.15, 0.2) is 24.3 Å². The van der Waals surface area contributed by atoms with Crippen molar-refractivity contribution in [1.29, 1.82) is 0 Å². The van der Waals surface area contributed by atoms with Crippen LogP contribution < -0.4 is 5.32 Å². The van der Waals surface area contributed by atoms with E-state index in [0.29, 0.717) is 0 Å². The quantitative estimate of drug-likeness (QED) is 0.800. The van der Waals surface area contributed by atoms with Gasteiger partial charge in [-0.1, -0.05) is 50.4 Å². The lowest BCUT2D eigenvalue weighted by Crippen LogP contribution is -2.49. The highest BCUT2D eigenvalue weighted by Crippen LogP contribution is 2.43. The first kappa shape index (κ1) is 16.8. The Hall–Kier alpha value is -0.570. The predicted molar refractivity (Wildman–Crippen MR) is 89.9 cm³/mol. The van der Waals surface area contributed by atoms with Crippen molar-refractivity contribution in [2.24, 2.45) is 5.92 Å². The molecular formula is C18H28ClNO. The van der Waals surface area contributed by atoms with Crippen LogP contribution in [-0.4, -0.2) is 18.8 Å². The van der Waals surface area contributed by atoms with Crippen LogP contribution in [0.2, 0.25) is 5.02 Å². The van der Waals surface area contributed by atoms with Crippen LogP contribution in [0.25, 0.3) is 0 Å². The van der Waals surface area contributed by atoms with Gasteiger partial charge < -0.3 is 10.1 Å². The van der Waals surface area contributed by atoms with E-state index in [-0.39, 0.29) is 11.6 Å². The summed E-state index contributed by atoms with van der Waals surface area (Å²) in [6.07, 6.45) is 4.82. The molecule has 1 saturated carbocycles. The van der Waals surface area contributed by atoms with E-state index in [9.17, 15) is 0 Å². The van der Waals surface area contributed by atoms with Gasteiger partial charge in [-0.25, -0.2) is 0 Å². The van der Waals surface area contributed by atoms with Gasteiger partial charge >= 0.3 is 0 Å². The number of ether oxygens (including phenoxy) is 1. The van der Waals surface area contributed by atoms with Crippen LogP contribution in [0.4, 0.5) is 0 Å². The Morgan fingerprint density at radius 3 is 2.62 bits per heavy atom. The molecule has 3 unspecified atom stereocenters. The van der Waals surface area contributed by atoms with Gasteiger partial charge in [0.2, 0.25) is 0 Å². The normalized spacial score (nSPS) is 27.5. The molecule has 1 aliphatic rings. The Morgan fingerprint density at radius 2 is 2.05 bits per heavy atom. The van der Waals surface area contributed by atoms with Gasteiger partial charge in [0.05, 0.1) is 11.6 Å². The van der Waals surface area contributed by atoms with Gasteiger partial charge in [0.1, 0.15) is 0 Å². The molecule has 2 nitrogen and oxygen atoms in total. The predicted octanol–water partition coefficient (Wildman–Crippen LogP) is 4.98. The molecule has 0 heterocycles. The molecule has 0 aromatic heterocycles. The number of hydrogen-bond donors (Lipinski definition) is 1. The van der Waals surface area contributed by atoms with Crippen LogP contribution in [0.5, 0.6) is 0 Å². The lowest BCUT2D eigenvalue weighted by atomic mass is 9.72. The minimum absolute atomic E-state index is 0.0870.